The summed E-state index contributed by atoms with van der Waals surface area (Å²) in [5, 5.41) is 14.7. The van der Waals surface area contributed by atoms with Crippen LogP contribution in [-0.2, 0) is 4.79 Å². The maximum absolute atomic E-state index is 11.7. The predicted octanol–water partition coefficient (Wildman–Crippen LogP) is 2.26. The molecular formula is C13H24N2O3. The SMILES string of the molecule is CCCCCNC(=O)NC1(C(=O)O)CCCCC1. The van der Waals surface area contributed by atoms with Crippen molar-refractivity contribution in [1.82, 2.24) is 10.6 Å². The summed E-state index contributed by atoms with van der Waals surface area (Å²) < 4.78 is 0. The van der Waals surface area contributed by atoms with E-state index in [4.69, 9.17) is 0 Å². The normalized spacial score (nSPS) is 18.1. The number of amides is 2. The van der Waals surface area contributed by atoms with Crippen LogP contribution in [0.3, 0.4) is 0 Å². The van der Waals surface area contributed by atoms with E-state index in [9.17, 15) is 14.7 Å². The number of unbranched alkanes of at least 4 members (excludes halogenated alkanes) is 2. The van der Waals surface area contributed by atoms with E-state index < -0.39 is 11.5 Å². The lowest BCUT2D eigenvalue weighted by atomic mass is 9.82. The van der Waals surface area contributed by atoms with Gasteiger partial charge in [0.15, 0.2) is 0 Å². The number of nitrogens with one attached hydrogen (secondary N) is 2. The molecule has 1 saturated carbocycles. The molecule has 0 aromatic heterocycles. The van der Waals surface area contributed by atoms with Crippen molar-refractivity contribution in [1.29, 1.82) is 0 Å². The Morgan fingerprint density at radius 3 is 2.39 bits per heavy atom. The third kappa shape index (κ3) is 4.20. The first-order valence-electron chi connectivity index (χ1n) is 6.90. The smallest absolute Gasteiger partial charge is 0.329 e. The molecule has 0 aromatic carbocycles. The minimum absolute atomic E-state index is 0.351. The van der Waals surface area contributed by atoms with Crippen LogP contribution < -0.4 is 10.6 Å². The standard InChI is InChI=1S/C13H24N2O3/c1-2-3-7-10-14-12(18)15-13(11(16)17)8-5-4-6-9-13/h2-10H2,1H3,(H,16,17)(H2,14,15,18). The first-order valence-corrected chi connectivity index (χ1v) is 6.90. The second-order valence-electron chi connectivity index (χ2n) is 5.04. The number of urea groups is 1. The third-order valence-electron chi connectivity index (χ3n) is 3.54. The molecule has 0 saturated heterocycles. The second-order valence-corrected chi connectivity index (χ2v) is 5.04. The summed E-state index contributed by atoms with van der Waals surface area (Å²) >= 11 is 0. The van der Waals surface area contributed by atoms with E-state index in [-0.39, 0.29) is 6.03 Å². The highest BCUT2D eigenvalue weighted by Crippen LogP contribution is 2.28. The maximum Gasteiger partial charge on any atom is 0.329 e. The Morgan fingerprint density at radius 1 is 1.17 bits per heavy atom. The van der Waals surface area contributed by atoms with Crippen molar-refractivity contribution >= 4 is 12.0 Å². The van der Waals surface area contributed by atoms with Crippen molar-refractivity contribution in [3.8, 4) is 0 Å². The van der Waals surface area contributed by atoms with Crippen molar-refractivity contribution in [2.24, 2.45) is 0 Å². The fourth-order valence-electron chi connectivity index (χ4n) is 2.39. The van der Waals surface area contributed by atoms with Gasteiger partial charge < -0.3 is 15.7 Å². The first kappa shape index (κ1) is 14.8. The number of carbonyl (C=O) groups is 2. The summed E-state index contributed by atoms with van der Waals surface area (Å²) in [6.07, 6.45) is 6.95. The Morgan fingerprint density at radius 2 is 1.83 bits per heavy atom. The lowest BCUT2D eigenvalue weighted by Crippen LogP contribution is -2.58. The lowest BCUT2D eigenvalue weighted by molar-refractivity contribution is -0.145. The zero-order valence-electron chi connectivity index (χ0n) is 11.1. The Kier molecular flexibility index (Phi) is 5.95. The van der Waals surface area contributed by atoms with Crippen molar-refractivity contribution in [3.05, 3.63) is 0 Å². The van der Waals surface area contributed by atoms with E-state index in [1.165, 1.54) is 0 Å². The Labute approximate surface area is 108 Å². The van der Waals surface area contributed by atoms with Crippen LogP contribution in [0, 0.1) is 0 Å². The number of carbonyl (C=O) groups excluding carboxylic acids is 1. The van der Waals surface area contributed by atoms with Gasteiger partial charge in [0, 0.05) is 6.54 Å². The van der Waals surface area contributed by atoms with Gasteiger partial charge in [-0.1, -0.05) is 39.0 Å². The number of hydrogen-bond acceptors (Lipinski definition) is 2. The predicted molar refractivity (Wildman–Crippen MR) is 69.5 cm³/mol. The van der Waals surface area contributed by atoms with Crippen LogP contribution in [-0.4, -0.2) is 29.2 Å². The minimum Gasteiger partial charge on any atom is -0.480 e. The number of rotatable bonds is 6. The summed E-state index contributed by atoms with van der Waals surface area (Å²) in [6.45, 7) is 2.71. The molecule has 0 radical (unpaired) electrons. The van der Waals surface area contributed by atoms with Gasteiger partial charge in [-0.15, -0.1) is 0 Å². The monoisotopic (exact) mass is 256 g/mol. The van der Waals surface area contributed by atoms with Crippen LogP contribution in [0.15, 0.2) is 0 Å². The van der Waals surface area contributed by atoms with E-state index in [0.29, 0.717) is 19.4 Å². The summed E-state index contributed by atoms with van der Waals surface area (Å²) in [7, 11) is 0. The molecule has 2 amide bonds. The van der Waals surface area contributed by atoms with Gasteiger partial charge in [0.2, 0.25) is 0 Å². The minimum atomic E-state index is -1.05. The van der Waals surface area contributed by atoms with Crippen molar-refractivity contribution in [2.45, 2.75) is 63.8 Å². The highest BCUT2D eigenvalue weighted by molar-refractivity contribution is 5.86. The summed E-state index contributed by atoms with van der Waals surface area (Å²) in [5.41, 5.74) is -1.05. The van der Waals surface area contributed by atoms with E-state index in [1.807, 2.05) is 0 Å². The average Bonchev–Trinajstić information content (AvgIpc) is 2.35. The fourth-order valence-corrected chi connectivity index (χ4v) is 2.39. The van der Waals surface area contributed by atoms with Crippen LogP contribution in [0.5, 0.6) is 0 Å². The van der Waals surface area contributed by atoms with Crippen LogP contribution in [0.25, 0.3) is 0 Å². The van der Waals surface area contributed by atoms with Gasteiger partial charge in [-0.05, 0) is 19.3 Å². The van der Waals surface area contributed by atoms with Crippen LogP contribution >= 0.6 is 0 Å². The van der Waals surface area contributed by atoms with Gasteiger partial charge in [-0.25, -0.2) is 9.59 Å². The molecule has 1 aliphatic carbocycles. The lowest BCUT2D eigenvalue weighted by Gasteiger charge is -2.33. The molecule has 0 atom stereocenters. The quantitative estimate of drug-likeness (QED) is 0.638. The number of carboxylic acids is 1. The maximum atomic E-state index is 11.7. The molecule has 0 bridgehead atoms. The van der Waals surface area contributed by atoms with Gasteiger partial charge in [0.05, 0.1) is 0 Å². The zero-order valence-corrected chi connectivity index (χ0v) is 11.1. The Hall–Kier alpha value is -1.26. The molecule has 0 heterocycles. The highest BCUT2D eigenvalue weighted by Gasteiger charge is 2.40. The fraction of sp³-hybridized carbons (Fsp3) is 0.846. The molecule has 3 N–H and O–H groups in total. The van der Waals surface area contributed by atoms with Crippen LogP contribution in [0.2, 0.25) is 0 Å². The van der Waals surface area contributed by atoms with Gasteiger partial charge in [-0.3, -0.25) is 0 Å². The van der Waals surface area contributed by atoms with Gasteiger partial charge >= 0.3 is 12.0 Å². The molecule has 5 nitrogen and oxygen atoms in total. The topological polar surface area (TPSA) is 78.4 Å². The van der Waals surface area contributed by atoms with Crippen LogP contribution in [0.1, 0.15) is 58.3 Å². The molecule has 1 aliphatic rings. The van der Waals surface area contributed by atoms with Crippen LogP contribution in [0.4, 0.5) is 4.79 Å². The van der Waals surface area contributed by atoms with Crippen molar-refractivity contribution in [3.63, 3.8) is 0 Å². The first-order chi connectivity index (χ1) is 8.60. The molecule has 104 valence electrons. The number of carboxylic acid groups (broad SMARTS) is 1. The molecule has 18 heavy (non-hydrogen) atoms. The average molecular weight is 256 g/mol. The van der Waals surface area contributed by atoms with Gasteiger partial charge in [0.25, 0.3) is 0 Å². The summed E-state index contributed by atoms with van der Waals surface area (Å²) in [5.74, 6) is -0.911. The van der Waals surface area contributed by atoms with Gasteiger partial charge in [0.1, 0.15) is 5.54 Å². The molecular weight excluding hydrogens is 232 g/mol. The highest BCUT2D eigenvalue weighted by atomic mass is 16.4. The molecule has 0 aliphatic heterocycles. The zero-order chi connectivity index (χ0) is 13.4. The van der Waals surface area contributed by atoms with Crippen molar-refractivity contribution < 1.29 is 14.7 Å². The summed E-state index contributed by atoms with van der Waals surface area (Å²) in [6, 6.07) is -0.351. The molecule has 1 rings (SSSR count). The molecule has 0 aromatic rings. The molecule has 0 spiro atoms. The second kappa shape index (κ2) is 7.24. The van der Waals surface area contributed by atoms with E-state index in [1.54, 1.807) is 0 Å². The molecule has 1 fully saturated rings. The number of aliphatic carboxylic acids is 1. The van der Waals surface area contributed by atoms with E-state index in [2.05, 4.69) is 17.6 Å². The molecule has 0 unspecified atom stereocenters. The number of hydrogen-bond donors (Lipinski definition) is 3. The molecule has 5 heteroatoms. The Balaban J connectivity index is 2.41. The third-order valence-corrected chi connectivity index (χ3v) is 3.54. The van der Waals surface area contributed by atoms with Crippen molar-refractivity contribution in [2.75, 3.05) is 6.54 Å². The largest absolute Gasteiger partial charge is 0.480 e. The van der Waals surface area contributed by atoms with Gasteiger partial charge in [-0.2, -0.15) is 0 Å². The van der Waals surface area contributed by atoms with E-state index >= 15 is 0 Å². The Bertz CT molecular complexity index is 286. The van der Waals surface area contributed by atoms with E-state index in [0.717, 1.165) is 38.5 Å². The summed E-state index contributed by atoms with van der Waals surface area (Å²) in [4.78, 5) is 23.0.